The van der Waals surface area contributed by atoms with Crippen molar-refractivity contribution in [2.75, 3.05) is 20.3 Å². The Labute approximate surface area is 154 Å². The van der Waals surface area contributed by atoms with Crippen molar-refractivity contribution >= 4 is 6.03 Å². The molecule has 5 heteroatoms. The molecule has 0 bridgehead atoms. The van der Waals surface area contributed by atoms with Crippen LogP contribution in [0.1, 0.15) is 36.4 Å². The summed E-state index contributed by atoms with van der Waals surface area (Å²) < 4.78 is 10.8. The van der Waals surface area contributed by atoms with Crippen molar-refractivity contribution in [3.8, 4) is 11.5 Å². The number of rotatable bonds is 7. The van der Waals surface area contributed by atoms with Crippen molar-refractivity contribution in [1.82, 2.24) is 10.6 Å². The van der Waals surface area contributed by atoms with Crippen LogP contribution in [0, 0.1) is 0 Å². The van der Waals surface area contributed by atoms with E-state index in [4.69, 9.17) is 9.47 Å². The molecule has 0 saturated carbocycles. The normalized spacial score (nSPS) is 15.7. The zero-order valence-corrected chi connectivity index (χ0v) is 15.2. The molecule has 3 rings (SSSR count). The largest absolute Gasteiger partial charge is 0.497 e. The Morgan fingerprint density at radius 2 is 1.88 bits per heavy atom. The van der Waals surface area contributed by atoms with Gasteiger partial charge in [-0.05, 0) is 61.1 Å². The molecule has 2 aromatic carbocycles. The van der Waals surface area contributed by atoms with Gasteiger partial charge >= 0.3 is 6.03 Å². The molecule has 2 N–H and O–H groups in total. The van der Waals surface area contributed by atoms with Crippen molar-refractivity contribution in [3.05, 3.63) is 59.7 Å². The van der Waals surface area contributed by atoms with Gasteiger partial charge in [-0.25, -0.2) is 4.79 Å². The first kappa shape index (κ1) is 18.1. The van der Waals surface area contributed by atoms with Crippen LogP contribution in [0.25, 0.3) is 0 Å². The average molecular weight is 354 g/mol. The molecule has 0 aliphatic heterocycles. The smallest absolute Gasteiger partial charge is 0.315 e. The number of carbonyl (C=O) groups is 1. The van der Waals surface area contributed by atoms with Crippen molar-refractivity contribution in [3.63, 3.8) is 0 Å². The third-order valence-electron chi connectivity index (χ3n) is 4.61. The van der Waals surface area contributed by atoms with Crippen LogP contribution < -0.4 is 20.1 Å². The summed E-state index contributed by atoms with van der Waals surface area (Å²) in [5, 5.41) is 6.01. The lowest BCUT2D eigenvalue weighted by Crippen LogP contribution is -2.39. The summed E-state index contributed by atoms with van der Waals surface area (Å²) in [4.78, 5) is 12.1. The molecule has 5 nitrogen and oxygen atoms in total. The second-order valence-electron chi connectivity index (χ2n) is 6.42. The highest BCUT2D eigenvalue weighted by Crippen LogP contribution is 2.29. The highest BCUT2D eigenvalue weighted by atomic mass is 16.5. The molecule has 26 heavy (non-hydrogen) atoms. The number of nitrogens with one attached hydrogen (secondary N) is 2. The quantitative estimate of drug-likeness (QED) is 0.743. The number of benzene rings is 2. The Morgan fingerprint density at radius 3 is 2.69 bits per heavy atom. The molecule has 1 unspecified atom stereocenters. The van der Waals surface area contributed by atoms with Crippen LogP contribution in [0.4, 0.5) is 4.79 Å². The molecule has 1 aliphatic rings. The molecule has 138 valence electrons. The molecular weight excluding hydrogens is 328 g/mol. The number of methoxy groups -OCH3 is 1. The maximum Gasteiger partial charge on any atom is 0.315 e. The Morgan fingerprint density at radius 1 is 1.12 bits per heavy atom. The van der Waals surface area contributed by atoms with Crippen molar-refractivity contribution < 1.29 is 14.3 Å². The summed E-state index contributed by atoms with van der Waals surface area (Å²) >= 11 is 0. The summed E-state index contributed by atoms with van der Waals surface area (Å²) in [6.45, 7) is 1.13. The topological polar surface area (TPSA) is 59.6 Å². The summed E-state index contributed by atoms with van der Waals surface area (Å²) in [7, 11) is 1.64. The van der Waals surface area contributed by atoms with E-state index in [1.165, 1.54) is 11.1 Å². The van der Waals surface area contributed by atoms with Gasteiger partial charge < -0.3 is 20.1 Å². The molecule has 2 amide bonds. The lowest BCUT2D eigenvalue weighted by molar-refractivity contribution is 0.234. The lowest BCUT2D eigenvalue weighted by atomic mass is 9.88. The van der Waals surface area contributed by atoms with Crippen LogP contribution in [-0.2, 0) is 6.42 Å². The molecule has 2 aromatic rings. The first-order valence-corrected chi connectivity index (χ1v) is 9.15. The number of hydrogen-bond donors (Lipinski definition) is 2. The van der Waals surface area contributed by atoms with Gasteiger partial charge in [0, 0.05) is 6.54 Å². The van der Waals surface area contributed by atoms with Gasteiger partial charge in [-0.3, -0.25) is 0 Å². The standard InChI is InChI=1S/C21H26N2O3/c1-25-17-10-12-18(13-11-17)26-15-5-14-22-21(24)23-20-9-4-7-16-6-2-3-8-19(16)20/h2-3,6,8,10-13,20H,4-5,7,9,14-15H2,1H3,(H2,22,23,24). The molecule has 0 radical (unpaired) electrons. The molecule has 0 fully saturated rings. The summed E-state index contributed by atoms with van der Waals surface area (Å²) in [5.74, 6) is 1.61. The van der Waals surface area contributed by atoms with Gasteiger partial charge in [-0.15, -0.1) is 0 Å². The maximum atomic E-state index is 12.1. The zero-order valence-electron chi connectivity index (χ0n) is 15.2. The van der Waals surface area contributed by atoms with E-state index in [0.29, 0.717) is 13.2 Å². The molecule has 1 aliphatic carbocycles. The highest BCUT2D eigenvalue weighted by Gasteiger charge is 2.20. The number of amides is 2. The third kappa shape index (κ3) is 4.91. The van der Waals surface area contributed by atoms with Crippen LogP contribution in [0.3, 0.4) is 0 Å². The first-order valence-electron chi connectivity index (χ1n) is 9.15. The maximum absolute atomic E-state index is 12.1. The lowest BCUT2D eigenvalue weighted by Gasteiger charge is -2.26. The Kier molecular flexibility index (Phi) is 6.36. The number of carbonyl (C=O) groups excluding carboxylic acids is 1. The van der Waals surface area contributed by atoms with E-state index in [1.54, 1.807) is 7.11 Å². The van der Waals surface area contributed by atoms with Gasteiger partial charge in [0.1, 0.15) is 11.5 Å². The second-order valence-corrected chi connectivity index (χ2v) is 6.42. The predicted molar refractivity (Wildman–Crippen MR) is 102 cm³/mol. The van der Waals surface area contributed by atoms with Gasteiger partial charge in [-0.2, -0.15) is 0 Å². The monoisotopic (exact) mass is 354 g/mol. The molecule has 0 saturated heterocycles. The van der Waals surface area contributed by atoms with Crippen LogP contribution >= 0.6 is 0 Å². The van der Waals surface area contributed by atoms with E-state index < -0.39 is 0 Å². The number of urea groups is 1. The summed E-state index contributed by atoms with van der Waals surface area (Å²) in [5.41, 5.74) is 2.59. The van der Waals surface area contributed by atoms with Crippen molar-refractivity contribution in [2.45, 2.75) is 31.7 Å². The molecule has 0 aromatic heterocycles. The number of hydrogen-bond acceptors (Lipinski definition) is 3. The third-order valence-corrected chi connectivity index (χ3v) is 4.61. The second kappa shape index (κ2) is 9.13. The Bertz CT molecular complexity index is 715. The van der Waals surface area contributed by atoms with Crippen LogP contribution in [0.5, 0.6) is 11.5 Å². The Hall–Kier alpha value is -2.69. The molecule has 1 atom stereocenters. The number of fused-ring (bicyclic) bond motifs is 1. The number of aryl methyl sites for hydroxylation is 1. The van der Waals surface area contributed by atoms with E-state index in [1.807, 2.05) is 30.3 Å². The molecule has 0 heterocycles. The first-order chi connectivity index (χ1) is 12.8. The highest BCUT2D eigenvalue weighted by molar-refractivity contribution is 5.74. The van der Waals surface area contributed by atoms with E-state index >= 15 is 0 Å². The SMILES string of the molecule is COc1ccc(OCCCNC(=O)NC2CCCc3ccccc32)cc1. The van der Waals surface area contributed by atoms with Gasteiger partial charge in [0.05, 0.1) is 19.8 Å². The summed E-state index contributed by atoms with van der Waals surface area (Å²) in [6.07, 6.45) is 3.95. The summed E-state index contributed by atoms with van der Waals surface area (Å²) in [6, 6.07) is 15.8. The fraction of sp³-hybridized carbons (Fsp3) is 0.381. The van der Waals surface area contributed by atoms with E-state index in [2.05, 4.69) is 28.8 Å². The Balaban J connectivity index is 1.36. The fourth-order valence-electron chi connectivity index (χ4n) is 3.25. The minimum atomic E-state index is -0.115. The van der Waals surface area contributed by atoms with Gasteiger partial charge in [0.2, 0.25) is 0 Å². The minimum absolute atomic E-state index is 0.107. The molecule has 0 spiro atoms. The van der Waals surface area contributed by atoms with Crippen molar-refractivity contribution in [2.24, 2.45) is 0 Å². The van der Waals surface area contributed by atoms with E-state index in [0.717, 1.165) is 37.2 Å². The van der Waals surface area contributed by atoms with E-state index in [9.17, 15) is 4.79 Å². The zero-order chi connectivity index (χ0) is 18.2. The van der Waals surface area contributed by atoms with E-state index in [-0.39, 0.29) is 12.1 Å². The fourth-order valence-corrected chi connectivity index (χ4v) is 3.25. The number of ether oxygens (including phenoxy) is 2. The van der Waals surface area contributed by atoms with Gasteiger partial charge in [-0.1, -0.05) is 24.3 Å². The predicted octanol–water partition coefficient (Wildman–Crippen LogP) is 3.84. The van der Waals surface area contributed by atoms with Crippen molar-refractivity contribution in [1.29, 1.82) is 0 Å². The van der Waals surface area contributed by atoms with Crippen LogP contribution in [-0.4, -0.2) is 26.3 Å². The van der Waals surface area contributed by atoms with Gasteiger partial charge in [0.15, 0.2) is 0 Å². The minimum Gasteiger partial charge on any atom is -0.497 e. The molecular formula is C21H26N2O3. The van der Waals surface area contributed by atoms with Crippen LogP contribution in [0.15, 0.2) is 48.5 Å². The van der Waals surface area contributed by atoms with Gasteiger partial charge in [0.25, 0.3) is 0 Å². The average Bonchev–Trinajstić information content (AvgIpc) is 2.68. The van der Waals surface area contributed by atoms with Crippen LogP contribution in [0.2, 0.25) is 0 Å².